The Labute approximate surface area is 119 Å². The van der Waals surface area contributed by atoms with Crippen LogP contribution in [0.2, 0.25) is 0 Å². The topological polar surface area (TPSA) is 7.68 Å². The molecular formula is C15H32ClN2+. The first kappa shape index (κ1) is 17.9. The van der Waals surface area contributed by atoms with Crippen LogP contribution in [0.4, 0.5) is 0 Å². The molecule has 1 N–H and O–H groups in total. The van der Waals surface area contributed by atoms with E-state index in [0.717, 1.165) is 11.6 Å². The molecule has 0 aromatic heterocycles. The van der Waals surface area contributed by atoms with Crippen molar-refractivity contribution in [3.05, 3.63) is 11.2 Å². The van der Waals surface area contributed by atoms with Crippen LogP contribution in [0.3, 0.4) is 0 Å². The van der Waals surface area contributed by atoms with Gasteiger partial charge in [0.2, 0.25) is 0 Å². The Kier molecular flexibility index (Phi) is 8.16. The van der Waals surface area contributed by atoms with E-state index in [1.165, 1.54) is 4.90 Å². The van der Waals surface area contributed by atoms with Crippen LogP contribution in [0.1, 0.15) is 55.4 Å². The Balaban J connectivity index is 4.75. The molecular weight excluding hydrogens is 244 g/mol. The Hall–Kier alpha value is -0.0500. The molecule has 0 heterocycles. The van der Waals surface area contributed by atoms with Crippen LogP contribution in [0.15, 0.2) is 11.2 Å². The van der Waals surface area contributed by atoms with Gasteiger partial charge in [-0.3, -0.25) is 4.90 Å². The maximum atomic E-state index is 6.45. The summed E-state index contributed by atoms with van der Waals surface area (Å²) in [6.45, 7) is 18.7. The Morgan fingerprint density at radius 3 is 1.61 bits per heavy atom. The molecule has 0 saturated heterocycles. The molecule has 0 atom stereocenters. The van der Waals surface area contributed by atoms with Gasteiger partial charge in [-0.2, -0.15) is 0 Å². The van der Waals surface area contributed by atoms with Gasteiger partial charge in [-0.15, -0.1) is 0 Å². The Morgan fingerprint density at radius 1 is 0.944 bits per heavy atom. The van der Waals surface area contributed by atoms with Gasteiger partial charge < -0.3 is 4.90 Å². The summed E-state index contributed by atoms with van der Waals surface area (Å²) in [7, 11) is 0. The van der Waals surface area contributed by atoms with Crippen molar-refractivity contribution in [2.24, 2.45) is 0 Å². The van der Waals surface area contributed by atoms with Gasteiger partial charge in [0.15, 0.2) is 0 Å². The summed E-state index contributed by atoms with van der Waals surface area (Å²) in [6, 6.07) is 2.16. The second-order valence-electron chi connectivity index (χ2n) is 6.26. The zero-order valence-corrected chi connectivity index (χ0v) is 14.2. The zero-order valence-electron chi connectivity index (χ0n) is 13.4. The highest BCUT2D eigenvalue weighted by Crippen LogP contribution is 2.10. The van der Waals surface area contributed by atoms with Crippen molar-refractivity contribution < 1.29 is 4.90 Å². The van der Waals surface area contributed by atoms with Crippen molar-refractivity contribution in [1.82, 2.24) is 4.90 Å². The van der Waals surface area contributed by atoms with Crippen molar-refractivity contribution in [2.45, 2.75) is 79.6 Å². The van der Waals surface area contributed by atoms with Crippen molar-refractivity contribution >= 4 is 11.6 Å². The highest BCUT2D eigenvalue weighted by molar-refractivity contribution is 6.29. The molecule has 0 rings (SSSR count). The fourth-order valence-electron chi connectivity index (χ4n) is 2.36. The fourth-order valence-corrected chi connectivity index (χ4v) is 2.63. The van der Waals surface area contributed by atoms with Crippen LogP contribution in [0.5, 0.6) is 0 Å². The zero-order chi connectivity index (χ0) is 14.5. The van der Waals surface area contributed by atoms with Crippen molar-refractivity contribution in [1.29, 1.82) is 0 Å². The quantitative estimate of drug-likeness (QED) is 0.751. The Bertz CT molecular complexity index is 241. The maximum Gasteiger partial charge on any atom is 0.111 e. The largest absolute Gasteiger partial charge is 0.304 e. The van der Waals surface area contributed by atoms with Crippen LogP contribution >= 0.6 is 11.6 Å². The minimum absolute atomic E-state index is 0.522. The van der Waals surface area contributed by atoms with Crippen LogP contribution in [0, 0.1) is 0 Å². The molecule has 2 nitrogen and oxygen atoms in total. The number of quaternary nitrogens is 1. The monoisotopic (exact) mass is 275 g/mol. The Morgan fingerprint density at radius 2 is 1.33 bits per heavy atom. The average Bonchev–Trinajstić information content (AvgIpc) is 2.20. The lowest BCUT2D eigenvalue weighted by molar-refractivity contribution is -0.892. The molecule has 0 unspecified atom stereocenters. The molecule has 0 saturated carbocycles. The van der Waals surface area contributed by atoms with Crippen LogP contribution in [0.25, 0.3) is 0 Å². The normalized spacial score (nSPS) is 14.1. The van der Waals surface area contributed by atoms with E-state index in [9.17, 15) is 0 Å². The first-order valence-electron chi connectivity index (χ1n) is 7.15. The van der Waals surface area contributed by atoms with Gasteiger partial charge in [-0.05, 0) is 55.4 Å². The molecule has 3 heteroatoms. The predicted molar refractivity (Wildman–Crippen MR) is 82.1 cm³/mol. The molecule has 0 aromatic rings. The third-order valence-corrected chi connectivity index (χ3v) is 3.55. The second-order valence-corrected chi connectivity index (χ2v) is 6.75. The van der Waals surface area contributed by atoms with E-state index in [1.54, 1.807) is 0 Å². The van der Waals surface area contributed by atoms with E-state index >= 15 is 0 Å². The molecule has 0 aromatic carbocycles. The minimum atomic E-state index is 0.522. The number of hydrogen-bond donors (Lipinski definition) is 1. The summed E-state index contributed by atoms with van der Waals surface area (Å²) in [5.74, 6) is 0. The highest BCUT2D eigenvalue weighted by atomic mass is 35.5. The van der Waals surface area contributed by atoms with E-state index < -0.39 is 0 Å². The summed E-state index contributed by atoms with van der Waals surface area (Å²) in [5, 5.41) is 0.954. The van der Waals surface area contributed by atoms with E-state index in [2.05, 4.69) is 66.5 Å². The van der Waals surface area contributed by atoms with Crippen molar-refractivity contribution in [2.75, 3.05) is 6.54 Å². The van der Waals surface area contributed by atoms with E-state index in [-0.39, 0.29) is 0 Å². The molecule has 0 aliphatic carbocycles. The number of nitrogens with zero attached hydrogens (tertiary/aromatic N) is 1. The lowest BCUT2D eigenvalue weighted by Crippen LogP contribution is -3.13. The van der Waals surface area contributed by atoms with Gasteiger partial charge in [0, 0.05) is 18.6 Å². The molecule has 0 fully saturated rings. The molecule has 0 bridgehead atoms. The summed E-state index contributed by atoms with van der Waals surface area (Å²) in [5.41, 5.74) is 0. The molecule has 18 heavy (non-hydrogen) atoms. The van der Waals surface area contributed by atoms with Crippen LogP contribution in [-0.4, -0.2) is 35.6 Å². The van der Waals surface area contributed by atoms with Crippen molar-refractivity contribution in [3.63, 3.8) is 0 Å². The van der Waals surface area contributed by atoms with Gasteiger partial charge in [-0.25, -0.2) is 0 Å². The third-order valence-electron chi connectivity index (χ3n) is 3.32. The first-order chi connectivity index (χ1) is 8.16. The van der Waals surface area contributed by atoms with E-state index in [0.29, 0.717) is 24.2 Å². The summed E-state index contributed by atoms with van der Waals surface area (Å²) in [6.07, 6.45) is 2.19. The SMILES string of the molecule is CC(C)N(C/C(Cl)=C/[NH+](C(C)C)C(C)C)C(C)C. The van der Waals surface area contributed by atoms with Crippen LogP contribution < -0.4 is 4.90 Å². The standard InChI is InChI=1S/C15H31ClN2/c1-11(2)17(12(3)4)9-15(16)10-18(13(5)6)14(7)8/h9,11-14H,10H2,1-8H3/p+1/b15-9-. The molecule has 0 spiro atoms. The third kappa shape index (κ3) is 6.21. The first-order valence-corrected chi connectivity index (χ1v) is 7.53. The van der Waals surface area contributed by atoms with E-state index in [1.807, 2.05) is 0 Å². The smallest absolute Gasteiger partial charge is 0.111 e. The molecule has 0 aliphatic rings. The summed E-state index contributed by atoms with van der Waals surface area (Å²) >= 11 is 6.45. The highest BCUT2D eigenvalue weighted by Gasteiger charge is 2.19. The van der Waals surface area contributed by atoms with Gasteiger partial charge in [0.1, 0.15) is 6.20 Å². The number of nitrogens with one attached hydrogen (secondary N) is 1. The average molecular weight is 276 g/mol. The molecule has 0 aliphatic heterocycles. The van der Waals surface area contributed by atoms with Gasteiger partial charge >= 0.3 is 0 Å². The minimum Gasteiger partial charge on any atom is -0.304 e. The maximum absolute atomic E-state index is 6.45. The second kappa shape index (κ2) is 8.19. The molecule has 0 radical (unpaired) electrons. The van der Waals surface area contributed by atoms with E-state index in [4.69, 9.17) is 11.6 Å². The fraction of sp³-hybridized carbons (Fsp3) is 0.867. The van der Waals surface area contributed by atoms with Crippen LogP contribution in [-0.2, 0) is 0 Å². The summed E-state index contributed by atoms with van der Waals surface area (Å²) < 4.78 is 0. The number of rotatable bonds is 7. The summed E-state index contributed by atoms with van der Waals surface area (Å²) in [4.78, 5) is 3.85. The predicted octanol–water partition coefficient (Wildman–Crippen LogP) is 2.89. The lowest BCUT2D eigenvalue weighted by Gasteiger charge is -2.30. The number of hydrogen-bond acceptors (Lipinski definition) is 1. The van der Waals surface area contributed by atoms with Crippen molar-refractivity contribution in [3.8, 4) is 0 Å². The molecule has 0 amide bonds. The number of halogens is 1. The molecule has 108 valence electrons. The van der Waals surface area contributed by atoms with Gasteiger partial charge in [-0.1, -0.05) is 11.6 Å². The van der Waals surface area contributed by atoms with Gasteiger partial charge in [0.05, 0.1) is 17.1 Å². The van der Waals surface area contributed by atoms with Gasteiger partial charge in [0.25, 0.3) is 0 Å². The lowest BCUT2D eigenvalue weighted by atomic mass is 10.2.